The molecule has 0 unspecified atom stereocenters. The van der Waals surface area contributed by atoms with Crippen molar-refractivity contribution in [1.82, 2.24) is 10.2 Å². The van der Waals surface area contributed by atoms with Crippen molar-refractivity contribution in [3.05, 3.63) is 35.9 Å². The summed E-state index contributed by atoms with van der Waals surface area (Å²) in [6.07, 6.45) is 0.498. The van der Waals surface area contributed by atoms with Gasteiger partial charge in [0.15, 0.2) is 0 Å². The maximum atomic E-state index is 12.1. The van der Waals surface area contributed by atoms with Gasteiger partial charge < -0.3 is 16.0 Å². The molecule has 1 saturated heterocycles. The Bertz CT molecular complexity index is 439. The molecule has 0 saturated carbocycles. The van der Waals surface area contributed by atoms with E-state index in [2.05, 4.69) is 5.32 Å². The number of carbonyl (C=O) groups is 2. The van der Waals surface area contributed by atoms with Crippen molar-refractivity contribution >= 4 is 24.2 Å². The van der Waals surface area contributed by atoms with E-state index in [1.807, 2.05) is 30.3 Å². The van der Waals surface area contributed by atoms with Crippen LogP contribution in [-0.2, 0) is 16.0 Å². The van der Waals surface area contributed by atoms with Gasteiger partial charge in [0.2, 0.25) is 11.8 Å². The third-order valence-electron chi connectivity index (χ3n) is 2.97. The van der Waals surface area contributed by atoms with Crippen LogP contribution in [0.25, 0.3) is 0 Å². The van der Waals surface area contributed by atoms with Gasteiger partial charge in [0, 0.05) is 13.1 Å². The first-order valence-corrected chi connectivity index (χ1v) is 6.02. The lowest BCUT2D eigenvalue weighted by atomic mass is 10.1. The van der Waals surface area contributed by atoms with E-state index in [1.165, 1.54) is 4.90 Å². The first-order chi connectivity index (χ1) is 8.66. The molecule has 0 aliphatic carbocycles. The first-order valence-electron chi connectivity index (χ1n) is 6.02. The van der Waals surface area contributed by atoms with Gasteiger partial charge in [-0.15, -0.1) is 12.4 Å². The Kier molecular flexibility index (Phi) is 5.79. The Morgan fingerprint density at radius 3 is 2.68 bits per heavy atom. The summed E-state index contributed by atoms with van der Waals surface area (Å²) >= 11 is 0. The molecule has 1 aliphatic rings. The topological polar surface area (TPSA) is 75.4 Å². The zero-order chi connectivity index (χ0) is 13.0. The lowest BCUT2D eigenvalue weighted by molar-refractivity contribution is -0.139. The van der Waals surface area contributed by atoms with Crippen LogP contribution in [0.5, 0.6) is 0 Å². The van der Waals surface area contributed by atoms with Gasteiger partial charge in [-0.1, -0.05) is 30.3 Å². The number of amides is 2. The predicted molar refractivity (Wildman–Crippen MR) is 75.0 cm³/mol. The molecule has 2 rings (SSSR count). The van der Waals surface area contributed by atoms with Crippen LogP contribution in [0.4, 0.5) is 0 Å². The number of nitrogens with zero attached hydrogens (tertiary/aromatic N) is 1. The fourth-order valence-electron chi connectivity index (χ4n) is 2.02. The molecule has 3 N–H and O–H groups in total. The minimum atomic E-state index is -0.585. The largest absolute Gasteiger partial charge is 0.353 e. The minimum Gasteiger partial charge on any atom is -0.353 e. The summed E-state index contributed by atoms with van der Waals surface area (Å²) in [5.41, 5.74) is 6.93. The number of hydrogen-bond acceptors (Lipinski definition) is 3. The van der Waals surface area contributed by atoms with Crippen molar-refractivity contribution < 1.29 is 9.59 Å². The Balaban J connectivity index is 0.00000180. The average Bonchev–Trinajstić information content (AvgIpc) is 2.39. The molecule has 0 aromatic heterocycles. The van der Waals surface area contributed by atoms with Gasteiger partial charge in [-0.2, -0.15) is 0 Å². The molecular weight excluding hydrogens is 266 g/mol. The number of nitrogens with two attached hydrogens (primary N) is 1. The molecule has 1 atom stereocenters. The van der Waals surface area contributed by atoms with Crippen LogP contribution in [0.15, 0.2) is 30.3 Å². The number of hydrogen-bond donors (Lipinski definition) is 2. The van der Waals surface area contributed by atoms with Crippen LogP contribution in [0, 0.1) is 0 Å². The minimum absolute atomic E-state index is 0. The van der Waals surface area contributed by atoms with Crippen LogP contribution in [0.1, 0.15) is 5.56 Å². The average molecular weight is 284 g/mol. The second-order valence-electron chi connectivity index (χ2n) is 4.41. The SMILES string of the molecule is Cl.N[C@@H](Cc1ccccc1)C(=O)N1CCNC(=O)C1. The number of benzene rings is 1. The van der Waals surface area contributed by atoms with E-state index < -0.39 is 6.04 Å². The van der Waals surface area contributed by atoms with Crippen LogP contribution >= 0.6 is 12.4 Å². The standard InChI is InChI=1S/C13H17N3O2.ClH/c14-11(8-10-4-2-1-3-5-10)13(18)16-7-6-15-12(17)9-16;/h1-5,11H,6-9,14H2,(H,15,17);1H/t11-;/m0./s1. The van der Waals surface area contributed by atoms with Gasteiger partial charge in [0.1, 0.15) is 0 Å². The van der Waals surface area contributed by atoms with E-state index in [4.69, 9.17) is 5.73 Å². The van der Waals surface area contributed by atoms with Crippen LogP contribution in [0.3, 0.4) is 0 Å². The normalized spacial score (nSPS) is 16.3. The molecule has 1 heterocycles. The molecule has 2 amide bonds. The number of piperazine rings is 1. The fraction of sp³-hybridized carbons (Fsp3) is 0.385. The molecule has 6 heteroatoms. The monoisotopic (exact) mass is 283 g/mol. The van der Waals surface area contributed by atoms with Gasteiger partial charge in [-0.3, -0.25) is 9.59 Å². The van der Waals surface area contributed by atoms with Crippen LogP contribution < -0.4 is 11.1 Å². The highest BCUT2D eigenvalue weighted by Gasteiger charge is 2.25. The van der Waals surface area contributed by atoms with Gasteiger partial charge >= 0.3 is 0 Å². The van der Waals surface area contributed by atoms with Gasteiger partial charge in [0.25, 0.3) is 0 Å². The van der Waals surface area contributed by atoms with Crippen molar-refractivity contribution in [1.29, 1.82) is 0 Å². The quantitative estimate of drug-likeness (QED) is 0.816. The third-order valence-corrected chi connectivity index (χ3v) is 2.97. The summed E-state index contributed by atoms with van der Waals surface area (Å²) in [6.45, 7) is 1.15. The van der Waals surface area contributed by atoms with Crippen molar-refractivity contribution in [2.75, 3.05) is 19.6 Å². The molecule has 1 aromatic carbocycles. The molecule has 19 heavy (non-hydrogen) atoms. The molecular formula is C13H18ClN3O2. The fourth-order valence-corrected chi connectivity index (χ4v) is 2.02. The van der Waals surface area contributed by atoms with Gasteiger partial charge in [-0.25, -0.2) is 0 Å². The van der Waals surface area contributed by atoms with Gasteiger partial charge in [0.05, 0.1) is 12.6 Å². The number of nitrogens with one attached hydrogen (secondary N) is 1. The van der Waals surface area contributed by atoms with Crippen molar-refractivity contribution in [2.24, 2.45) is 5.73 Å². The molecule has 1 aliphatic heterocycles. The Morgan fingerprint density at radius 1 is 1.37 bits per heavy atom. The molecule has 1 aromatic rings. The summed E-state index contributed by atoms with van der Waals surface area (Å²) in [7, 11) is 0. The molecule has 0 spiro atoms. The Morgan fingerprint density at radius 2 is 2.05 bits per heavy atom. The predicted octanol–water partition coefficient (Wildman–Crippen LogP) is -0.0634. The first kappa shape index (κ1) is 15.5. The molecule has 5 nitrogen and oxygen atoms in total. The highest BCUT2D eigenvalue weighted by atomic mass is 35.5. The van der Waals surface area contributed by atoms with E-state index in [9.17, 15) is 9.59 Å². The second kappa shape index (κ2) is 7.11. The Hall–Kier alpha value is -1.59. The zero-order valence-corrected chi connectivity index (χ0v) is 11.4. The lowest BCUT2D eigenvalue weighted by Gasteiger charge is -2.28. The summed E-state index contributed by atoms with van der Waals surface area (Å²) in [5.74, 6) is -0.282. The summed E-state index contributed by atoms with van der Waals surface area (Å²) < 4.78 is 0. The van der Waals surface area contributed by atoms with Crippen molar-refractivity contribution in [3.63, 3.8) is 0 Å². The maximum Gasteiger partial charge on any atom is 0.240 e. The third kappa shape index (κ3) is 4.22. The molecule has 104 valence electrons. The summed E-state index contributed by atoms with van der Waals surface area (Å²) in [4.78, 5) is 24.8. The van der Waals surface area contributed by atoms with Crippen molar-refractivity contribution in [3.8, 4) is 0 Å². The highest BCUT2D eigenvalue weighted by Crippen LogP contribution is 2.05. The van der Waals surface area contributed by atoms with E-state index in [-0.39, 0.29) is 30.8 Å². The van der Waals surface area contributed by atoms with E-state index in [0.717, 1.165) is 5.56 Å². The molecule has 0 bridgehead atoms. The Labute approximate surface area is 118 Å². The zero-order valence-electron chi connectivity index (χ0n) is 10.5. The number of rotatable bonds is 3. The van der Waals surface area contributed by atoms with E-state index in [1.54, 1.807) is 0 Å². The van der Waals surface area contributed by atoms with E-state index in [0.29, 0.717) is 19.5 Å². The summed E-state index contributed by atoms with van der Waals surface area (Å²) in [5, 5.41) is 2.68. The molecule has 0 radical (unpaired) electrons. The van der Waals surface area contributed by atoms with Crippen LogP contribution in [0.2, 0.25) is 0 Å². The maximum absolute atomic E-state index is 12.1. The van der Waals surface area contributed by atoms with E-state index >= 15 is 0 Å². The highest BCUT2D eigenvalue weighted by molar-refractivity contribution is 5.88. The lowest BCUT2D eigenvalue weighted by Crippen LogP contribution is -2.54. The smallest absolute Gasteiger partial charge is 0.240 e. The summed E-state index contributed by atoms with van der Waals surface area (Å²) in [6, 6.07) is 9.05. The number of carbonyl (C=O) groups excluding carboxylic acids is 2. The van der Waals surface area contributed by atoms with Gasteiger partial charge in [-0.05, 0) is 12.0 Å². The van der Waals surface area contributed by atoms with Crippen molar-refractivity contribution in [2.45, 2.75) is 12.5 Å². The molecule has 1 fully saturated rings. The van der Waals surface area contributed by atoms with Crippen LogP contribution in [-0.4, -0.2) is 42.4 Å². The second-order valence-corrected chi connectivity index (χ2v) is 4.41. The number of halogens is 1.